The number of hydrogen-bond donors (Lipinski definition) is 2. The molecule has 0 aromatic rings. The van der Waals surface area contributed by atoms with Crippen molar-refractivity contribution in [2.75, 3.05) is 0 Å². The minimum atomic E-state index is -0.675. The van der Waals surface area contributed by atoms with E-state index in [-0.39, 0.29) is 11.8 Å². The van der Waals surface area contributed by atoms with Crippen molar-refractivity contribution in [2.45, 2.75) is 181 Å². The average molecular weight is 511 g/mol. The van der Waals surface area contributed by atoms with Crippen LogP contribution in [0.2, 0.25) is 0 Å². The van der Waals surface area contributed by atoms with Crippen molar-refractivity contribution in [2.24, 2.45) is 11.8 Å². The highest BCUT2D eigenvalue weighted by Gasteiger charge is 2.19. The Morgan fingerprint density at radius 2 is 0.583 bits per heavy atom. The molecule has 2 N–H and O–H groups in total. The van der Waals surface area contributed by atoms with Crippen molar-refractivity contribution in [1.82, 2.24) is 0 Å². The molecule has 0 aliphatic carbocycles. The molecule has 0 aliphatic heterocycles. The molecule has 4 nitrogen and oxygen atoms in total. The first-order valence-electron chi connectivity index (χ1n) is 16.0. The quantitative estimate of drug-likeness (QED) is 0.0981. The van der Waals surface area contributed by atoms with E-state index in [1.54, 1.807) is 0 Å². The van der Waals surface area contributed by atoms with Gasteiger partial charge in [-0.1, -0.05) is 155 Å². The number of carboxylic acid groups (broad SMARTS) is 2. The summed E-state index contributed by atoms with van der Waals surface area (Å²) in [6, 6.07) is 0. The fraction of sp³-hybridized carbons (Fsp3) is 0.938. The lowest BCUT2D eigenvalue weighted by Crippen LogP contribution is -2.15. The van der Waals surface area contributed by atoms with Crippen LogP contribution >= 0.6 is 0 Å². The van der Waals surface area contributed by atoms with E-state index >= 15 is 0 Å². The summed E-state index contributed by atoms with van der Waals surface area (Å²) in [5.41, 5.74) is 0. The van der Waals surface area contributed by atoms with Crippen LogP contribution in [-0.2, 0) is 9.59 Å². The van der Waals surface area contributed by atoms with Crippen LogP contribution < -0.4 is 0 Å². The SMILES string of the molecule is CCCCCCCCCCCCC(CCCCC(CCCCCCCCCCCC)C(=O)O)C(=O)O. The van der Waals surface area contributed by atoms with Crippen LogP contribution in [-0.4, -0.2) is 22.2 Å². The van der Waals surface area contributed by atoms with Gasteiger partial charge in [-0.05, 0) is 25.7 Å². The van der Waals surface area contributed by atoms with E-state index in [0.717, 1.165) is 51.4 Å². The molecule has 0 aromatic heterocycles. The largest absolute Gasteiger partial charge is 0.481 e. The number of unbranched alkanes of at least 4 members (excludes halogenated alkanes) is 19. The van der Waals surface area contributed by atoms with E-state index in [1.807, 2.05) is 0 Å². The number of carboxylic acids is 2. The molecule has 0 heterocycles. The molecular formula is C32H62O4. The summed E-state index contributed by atoms with van der Waals surface area (Å²) in [5, 5.41) is 19.2. The lowest BCUT2D eigenvalue weighted by Gasteiger charge is -2.14. The van der Waals surface area contributed by atoms with Gasteiger partial charge in [-0.3, -0.25) is 9.59 Å². The van der Waals surface area contributed by atoms with Gasteiger partial charge in [-0.25, -0.2) is 0 Å². The van der Waals surface area contributed by atoms with Crippen LogP contribution in [0.15, 0.2) is 0 Å². The maximum atomic E-state index is 11.6. The van der Waals surface area contributed by atoms with Gasteiger partial charge in [0.2, 0.25) is 0 Å². The molecule has 214 valence electrons. The van der Waals surface area contributed by atoms with Gasteiger partial charge in [0, 0.05) is 0 Å². The van der Waals surface area contributed by atoms with Crippen LogP contribution in [0.25, 0.3) is 0 Å². The average Bonchev–Trinajstić information content (AvgIpc) is 2.85. The summed E-state index contributed by atoms with van der Waals surface area (Å²) in [6.07, 6.45) is 29.9. The zero-order valence-electron chi connectivity index (χ0n) is 24.3. The predicted molar refractivity (Wildman–Crippen MR) is 154 cm³/mol. The fourth-order valence-corrected chi connectivity index (χ4v) is 5.32. The summed E-state index contributed by atoms with van der Waals surface area (Å²) in [4.78, 5) is 23.3. The number of rotatable bonds is 29. The molecule has 2 unspecified atom stereocenters. The molecule has 0 bridgehead atoms. The van der Waals surface area contributed by atoms with E-state index in [2.05, 4.69) is 13.8 Å². The first kappa shape index (κ1) is 34.9. The second-order valence-electron chi connectivity index (χ2n) is 11.3. The molecular weight excluding hydrogens is 448 g/mol. The van der Waals surface area contributed by atoms with E-state index in [4.69, 9.17) is 0 Å². The summed E-state index contributed by atoms with van der Waals surface area (Å²) >= 11 is 0. The molecule has 0 fully saturated rings. The Labute approximate surface area is 224 Å². The van der Waals surface area contributed by atoms with Crippen molar-refractivity contribution in [3.05, 3.63) is 0 Å². The molecule has 0 spiro atoms. The third-order valence-electron chi connectivity index (χ3n) is 7.87. The molecule has 0 radical (unpaired) electrons. The third kappa shape index (κ3) is 23.3. The highest BCUT2D eigenvalue weighted by Crippen LogP contribution is 2.23. The zero-order chi connectivity index (χ0) is 26.7. The van der Waals surface area contributed by atoms with Gasteiger partial charge >= 0.3 is 11.9 Å². The van der Waals surface area contributed by atoms with Crippen LogP contribution in [0.3, 0.4) is 0 Å². The van der Waals surface area contributed by atoms with Gasteiger partial charge in [-0.15, -0.1) is 0 Å². The van der Waals surface area contributed by atoms with E-state index in [0.29, 0.717) is 12.8 Å². The molecule has 36 heavy (non-hydrogen) atoms. The van der Waals surface area contributed by atoms with Gasteiger partial charge in [0.1, 0.15) is 0 Å². The molecule has 0 rings (SSSR count). The Morgan fingerprint density at radius 1 is 0.389 bits per heavy atom. The number of hydrogen-bond acceptors (Lipinski definition) is 2. The van der Waals surface area contributed by atoms with E-state index in [9.17, 15) is 19.8 Å². The van der Waals surface area contributed by atoms with Crippen LogP contribution in [0.1, 0.15) is 181 Å². The fourth-order valence-electron chi connectivity index (χ4n) is 5.32. The normalized spacial score (nSPS) is 13.1. The molecule has 0 saturated carbocycles. The van der Waals surface area contributed by atoms with Crippen LogP contribution in [0.4, 0.5) is 0 Å². The van der Waals surface area contributed by atoms with Gasteiger partial charge in [0.15, 0.2) is 0 Å². The zero-order valence-corrected chi connectivity index (χ0v) is 24.3. The van der Waals surface area contributed by atoms with Crippen LogP contribution in [0, 0.1) is 11.8 Å². The van der Waals surface area contributed by atoms with E-state index in [1.165, 1.54) is 103 Å². The lowest BCUT2D eigenvalue weighted by molar-refractivity contribution is -0.143. The topological polar surface area (TPSA) is 74.6 Å². The summed E-state index contributed by atoms with van der Waals surface area (Å²) in [6.45, 7) is 4.49. The molecule has 0 amide bonds. The lowest BCUT2D eigenvalue weighted by atomic mass is 9.91. The summed E-state index contributed by atoms with van der Waals surface area (Å²) in [7, 11) is 0. The molecule has 0 saturated heterocycles. The van der Waals surface area contributed by atoms with Gasteiger partial charge in [-0.2, -0.15) is 0 Å². The maximum Gasteiger partial charge on any atom is 0.306 e. The molecule has 0 aromatic carbocycles. The van der Waals surface area contributed by atoms with Crippen molar-refractivity contribution >= 4 is 11.9 Å². The van der Waals surface area contributed by atoms with Crippen molar-refractivity contribution in [3.63, 3.8) is 0 Å². The Balaban J connectivity index is 3.81. The second kappa shape index (κ2) is 27.0. The Kier molecular flexibility index (Phi) is 26.2. The monoisotopic (exact) mass is 510 g/mol. The Bertz CT molecular complexity index is 447. The number of carbonyl (C=O) groups is 2. The summed E-state index contributed by atoms with van der Waals surface area (Å²) < 4.78 is 0. The Hall–Kier alpha value is -1.06. The van der Waals surface area contributed by atoms with Crippen molar-refractivity contribution in [3.8, 4) is 0 Å². The first-order chi connectivity index (χ1) is 17.5. The highest BCUT2D eigenvalue weighted by molar-refractivity contribution is 5.70. The predicted octanol–water partition coefficient (Wildman–Crippen LogP) is 10.6. The highest BCUT2D eigenvalue weighted by atomic mass is 16.4. The van der Waals surface area contributed by atoms with E-state index < -0.39 is 11.9 Å². The number of aliphatic carboxylic acids is 2. The second-order valence-corrected chi connectivity index (χ2v) is 11.3. The third-order valence-corrected chi connectivity index (χ3v) is 7.87. The smallest absolute Gasteiger partial charge is 0.306 e. The summed E-state index contributed by atoms with van der Waals surface area (Å²) in [5.74, 6) is -1.87. The first-order valence-corrected chi connectivity index (χ1v) is 16.0. The van der Waals surface area contributed by atoms with Gasteiger partial charge in [0.05, 0.1) is 11.8 Å². The maximum absolute atomic E-state index is 11.6. The van der Waals surface area contributed by atoms with Crippen molar-refractivity contribution in [1.29, 1.82) is 0 Å². The molecule has 0 aliphatic rings. The molecule has 4 heteroatoms. The van der Waals surface area contributed by atoms with Crippen molar-refractivity contribution < 1.29 is 19.8 Å². The Morgan fingerprint density at radius 3 is 0.806 bits per heavy atom. The minimum absolute atomic E-state index is 0.260. The standard InChI is InChI=1S/C32H62O4/c1-3-5-7-9-11-13-15-17-19-21-25-29(31(33)34)27-23-24-28-30(32(35)36)26-22-20-18-16-14-12-10-8-6-4-2/h29-30H,3-28H2,1-2H3,(H,33,34)(H,35,36). The minimum Gasteiger partial charge on any atom is -0.481 e. The van der Waals surface area contributed by atoms with Gasteiger partial charge < -0.3 is 10.2 Å². The van der Waals surface area contributed by atoms with Gasteiger partial charge in [0.25, 0.3) is 0 Å². The van der Waals surface area contributed by atoms with Crippen LogP contribution in [0.5, 0.6) is 0 Å². The molecule has 2 atom stereocenters.